The summed E-state index contributed by atoms with van der Waals surface area (Å²) in [6, 6.07) is 9.66. The first kappa shape index (κ1) is 11.0. The van der Waals surface area contributed by atoms with Crippen LogP contribution in [-0.4, -0.2) is 11.4 Å². The monoisotopic (exact) mass is 295 g/mol. The molecule has 1 saturated heterocycles. The predicted molar refractivity (Wildman–Crippen MR) is 64.0 cm³/mol. The molecule has 1 aromatic carbocycles. The van der Waals surface area contributed by atoms with Crippen LogP contribution in [0.25, 0.3) is 11.3 Å². The standard InChI is InChI=1S/C12H10BrNO3/c1-7-15-12(16-7)10-6-11(17-14-10)8-2-4-9(13)5-3-8/h2-7,12H,1H3. The molecule has 0 N–H and O–H groups in total. The number of ether oxygens (including phenoxy) is 2. The molecule has 0 bridgehead atoms. The van der Waals surface area contributed by atoms with Crippen LogP contribution in [0, 0.1) is 0 Å². The van der Waals surface area contributed by atoms with Crippen molar-refractivity contribution in [1.29, 1.82) is 0 Å². The third-order valence-corrected chi connectivity index (χ3v) is 3.06. The van der Waals surface area contributed by atoms with Crippen LogP contribution in [0.15, 0.2) is 39.3 Å². The first-order valence-electron chi connectivity index (χ1n) is 5.26. The van der Waals surface area contributed by atoms with Crippen LogP contribution in [-0.2, 0) is 9.47 Å². The number of aromatic nitrogens is 1. The lowest BCUT2D eigenvalue weighted by Crippen LogP contribution is -2.31. The fraction of sp³-hybridized carbons (Fsp3) is 0.250. The van der Waals surface area contributed by atoms with Crippen LogP contribution in [0.4, 0.5) is 0 Å². The summed E-state index contributed by atoms with van der Waals surface area (Å²) in [6.45, 7) is 1.84. The van der Waals surface area contributed by atoms with E-state index in [0.717, 1.165) is 10.0 Å². The summed E-state index contributed by atoms with van der Waals surface area (Å²) in [4.78, 5) is 0. The van der Waals surface area contributed by atoms with Gasteiger partial charge in [0.15, 0.2) is 12.1 Å². The quantitative estimate of drug-likeness (QED) is 0.851. The molecule has 1 aromatic heterocycles. The van der Waals surface area contributed by atoms with Gasteiger partial charge in [0, 0.05) is 16.1 Å². The van der Waals surface area contributed by atoms with Crippen LogP contribution < -0.4 is 0 Å². The van der Waals surface area contributed by atoms with Crippen molar-refractivity contribution < 1.29 is 14.0 Å². The average Bonchev–Trinajstić information content (AvgIpc) is 2.75. The topological polar surface area (TPSA) is 44.5 Å². The Morgan fingerprint density at radius 3 is 2.53 bits per heavy atom. The summed E-state index contributed by atoms with van der Waals surface area (Å²) in [5.74, 6) is 0.708. The fourth-order valence-electron chi connectivity index (χ4n) is 1.65. The molecule has 1 aliphatic heterocycles. The van der Waals surface area contributed by atoms with Gasteiger partial charge in [-0.05, 0) is 19.1 Å². The molecule has 1 aliphatic rings. The summed E-state index contributed by atoms with van der Waals surface area (Å²) < 4.78 is 17.0. The van der Waals surface area contributed by atoms with Crippen molar-refractivity contribution in [3.05, 3.63) is 40.5 Å². The highest BCUT2D eigenvalue weighted by Crippen LogP contribution is 2.33. The zero-order valence-corrected chi connectivity index (χ0v) is 10.7. The van der Waals surface area contributed by atoms with Crippen LogP contribution in [0.2, 0.25) is 0 Å². The SMILES string of the molecule is CC1OC(c2cc(-c3ccc(Br)cc3)on2)O1. The van der Waals surface area contributed by atoms with Gasteiger partial charge in [-0.15, -0.1) is 0 Å². The Morgan fingerprint density at radius 2 is 1.88 bits per heavy atom. The molecule has 2 heterocycles. The van der Waals surface area contributed by atoms with E-state index in [1.807, 2.05) is 37.3 Å². The maximum Gasteiger partial charge on any atom is 0.209 e. The number of halogens is 1. The Balaban J connectivity index is 1.82. The van der Waals surface area contributed by atoms with Crippen molar-refractivity contribution in [3.63, 3.8) is 0 Å². The number of benzene rings is 1. The van der Waals surface area contributed by atoms with Gasteiger partial charge in [-0.3, -0.25) is 0 Å². The molecule has 0 spiro atoms. The van der Waals surface area contributed by atoms with E-state index in [-0.39, 0.29) is 6.29 Å². The number of nitrogens with zero attached hydrogens (tertiary/aromatic N) is 1. The van der Waals surface area contributed by atoms with E-state index in [0.29, 0.717) is 11.5 Å². The molecular formula is C12H10BrNO3. The van der Waals surface area contributed by atoms with Crippen molar-refractivity contribution in [1.82, 2.24) is 5.16 Å². The molecule has 0 amide bonds. The molecule has 0 saturated carbocycles. The molecule has 0 aliphatic carbocycles. The van der Waals surface area contributed by atoms with Crippen molar-refractivity contribution in [3.8, 4) is 11.3 Å². The second kappa shape index (κ2) is 4.25. The normalized spacial score (nSPS) is 23.4. The van der Waals surface area contributed by atoms with Crippen molar-refractivity contribution in [2.45, 2.75) is 19.5 Å². The van der Waals surface area contributed by atoms with Crippen LogP contribution in [0.5, 0.6) is 0 Å². The van der Waals surface area contributed by atoms with Gasteiger partial charge in [-0.1, -0.05) is 33.2 Å². The lowest BCUT2D eigenvalue weighted by molar-refractivity contribution is -0.384. The summed E-state index contributed by atoms with van der Waals surface area (Å²) >= 11 is 3.39. The van der Waals surface area contributed by atoms with Gasteiger partial charge in [-0.25, -0.2) is 0 Å². The minimum atomic E-state index is -0.391. The maximum atomic E-state index is 5.34. The molecule has 3 rings (SSSR count). The van der Waals surface area contributed by atoms with Gasteiger partial charge >= 0.3 is 0 Å². The van der Waals surface area contributed by atoms with E-state index in [9.17, 15) is 0 Å². The van der Waals surface area contributed by atoms with E-state index in [1.54, 1.807) is 0 Å². The second-order valence-corrected chi connectivity index (χ2v) is 4.71. The maximum absolute atomic E-state index is 5.34. The molecule has 5 heteroatoms. The highest BCUT2D eigenvalue weighted by atomic mass is 79.9. The summed E-state index contributed by atoms with van der Waals surface area (Å²) in [7, 11) is 0. The molecule has 1 fully saturated rings. The highest BCUT2D eigenvalue weighted by molar-refractivity contribution is 9.10. The van der Waals surface area contributed by atoms with Crippen LogP contribution in [0.1, 0.15) is 18.9 Å². The molecule has 4 nitrogen and oxygen atoms in total. The Bertz CT molecular complexity index is 517. The minimum Gasteiger partial charge on any atom is -0.356 e. The molecule has 2 aromatic rings. The Kier molecular flexibility index (Phi) is 2.74. The highest BCUT2D eigenvalue weighted by Gasteiger charge is 2.31. The van der Waals surface area contributed by atoms with Gasteiger partial charge < -0.3 is 14.0 Å². The van der Waals surface area contributed by atoms with Gasteiger partial charge in [0.1, 0.15) is 5.69 Å². The Hall–Kier alpha value is -1.17. The molecular weight excluding hydrogens is 286 g/mol. The third kappa shape index (κ3) is 2.13. The lowest BCUT2D eigenvalue weighted by atomic mass is 10.1. The van der Waals surface area contributed by atoms with Crippen molar-refractivity contribution in [2.75, 3.05) is 0 Å². The van der Waals surface area contributed by atoms with Crippen molar-refractivity contribution >= 4 is 15.9 Å². The van der Waals surface area contributed by atoms with E-state index >= 15 is 0 Å². The number of hydrogen-bond donors (Lipinski definition) is 0. The van der Waals surface area contributed by atoms with E-state index < -0.39 is 6.29 Å². The first-order valence-corrected chi connectivity index (χ1v) is 6.05. The van der Waals surface area contributed by atoms with Crippen LogP contribution >= 0.6 is 15.9 Å². The second-order valence-electron chi connectivity index (χ2n) is 3.79. The zero-order chi connectivity index (χ0) is 11.8. The summed E-state index contributed by atoms with van der Waals surface area (Å²) in [5, 5.41) is 3.93. The third-order valence-electron chi connectivity index (χ3n) is 2.53. The fourth-order valence-corrected chi connectivity index (χ4v) is 1.91. The largest absolute Gasteiger partial charge is 0.356 e. The molecule has 0 unspecified atom stereocenters. The van der Waals surface area contributed by atoms with Crippen LogP contribution in [0.3, 0.4) is 0 Å². The summed E-state index contributed by atoms with van der Waals surface area (Å²) in [6.07, 6.45) is -0.550. The molecule has 17 heavy (non-hydrogen) atoms. The van der Waals surface area contributed by atoms with Gasteiger partial charge in [0.25, 0.3) is 0 Å². The molecule has 0 atom stereocenters. The zero-order valence-electron chi connectivity index (χ0n) is 9.09. The average molecular weight is 296 g/mol. The summed E-state index contributed by atoms with van der Waals surface area (Å²) in [5.41, 5.74) is 1.64. The predicted octanol–water partition coefficient (Wildman–Crippen LogP) is 3.50. The minimum absolute atomic E-state index is 0.159. The molecule has 88 valence electrons. The smallest absolute Gasteiger partial charge is 0.209 e. The van der Waals surface area contributed by atoms with Gasteiger partial charge in [-0.2, -0.15) is 0 Å². The van der Waals surface area contributed by atoms with Gasteiger partial charge in [0.2, 0.25) is 6.29 Å². The lowest BCUT2D eigenvalue weighted by Gasteiger charge is -2.31. The van der Waals surface area contributed by atoms with Gasteiger partial charge in [0.05, 0.1) is 0 Å². The number of rotatable bonds is 2. The Morgan fingerprint density at radius 1 is 1.18 bits per heavy atom. The Labute approximate surface area is 107 Å². The van der Waals surface area contributed by atoms with Crippen molar-refractivity contribution in [2.24, 2.45) is 0 Å². The molecule has 0 radical (unpaired) electrons. The first-order chi connectivity index (χ1) is 8.22. The van der Waals surface area contributed by atoms with E-state index in [4.69, 9.17) is 14.0 Å². The van der Waals surface area contributed by atoms with E-state index in [2.05, 4.69) is 21.1 Å². The number of hydrogen-bond acceptors (Lipinski definition) is 4. The van der Waals surface area contributed by atoms with E-state index in [1.165, 1.54) is 0 Å².